The number of aromatic nitrogens is 2. The molecule has 0 amide bonds. The molecule has 0 spiro atoms. The number of nitrogen functional groups attached to an aromatic ring is 1. The Labute approximate surface area is 87.7 Å². The van der Waals surface area contributed by atoms with Gasteiger partial charge < -0.3 is 10.8 Å². The molecule has 1 heterocycles. The van der Waals surface area contributed by atoms with E-state index >= 15 is 0 Å². The van der Waals surface area contributed by atoms with Gasteiger partial charge in [0, 0.05) is 17.2 Å². The van der Waals surface area contributed by atoms with Crippen molar-refractivity contribution in [1.82, 2.24) is 10.2 Å². The summed E-state index contributed by atoms with van der Waals surface area (Å²) in [7, 11) is 0. The number of phenols is 1. The molecule has 2 aromatic rings. The van der Waals surface area contributed by atoms with E-state index < -0.39 is 0 Å². The van der Waals surface area contributed by atoms with Crippen molar-refractivity contribution < 1.29 is 5.11 Å². The van der Waals surface area contributed by atoms with Gasteiger partial charge in [0.25, 0.3) is 0 Å². The van der Waals surface area contributed by atoms with E-state index in [2.05, 4.69) is 10.2 Å². The molecule has 0 atom stereocenters. The summed E-state index contributed by atoms with van der Waals surface area (Å²) in [6.07, 6.45) is 0. The summed E-state index contributed by atoms with van der Waals surface area (Å²) in [6, 6.07) is 5.56. The molecule has 1 aromatic carbocycles. The molecule has 78 valence electrons. The van der Waals surface area contributed by atoms with Crippen molar-refractivity contribution in [2.45, 2.75) is 13.8 Å². The number of anilines is 1. The van der Waals surface area contributed by atoms with Gasteiger partial charge in [-0.2, -0.15) is 5.10 Å². The van der Waals surface area contributed by atoms with Crippen LogP contribution < -0.4 is 5.73 Å². The zero-order chi connectivity index (χ0) is 11.0. The van der Waals surface area contributed by atoms with Crippen LogP contribution in [0, 0.1) is 13.8 Å². The summed E-state index contributed by atoms with van der Waals surface area (Å²) in [5.74, 6) is 0.769. The molecule has 0 aliphatic rings. The maximum Gasteiger partial charge on any atom is 0.145 e. The third kappa shape index (κ3) is 1.54. The lowest BCUT2D eigenvalue weighted by atomic mass is 10.0. The van der Waals surface area contributed by atoms with Crippen LogP contribution >= 0.6 is 0 Å². The smallest absolute Gasteiger partial charge is 0.145 e. The molecule has 0 aliphatic heterocycles. The highest BCUT2D eigenvalue weighted by Gasteiger charge is 2.09. The molecule has 0 bridgehead atoms. The Bertz CT molecular complexity index is 503. The molecule has 4 heteroatoms. The SMILES string of the molecule is Cc1ccc(-c2cc(N)n[nH]2)c(C)c1O. The first-order valence-electron chi connectivity index (χ1n) is 4.70. The molecule has 1 aromatic heterocycles. The quantitative estimate of drug-likeness (QED) is 0.663. The Hall–Kier alpha value is -1.97. The molecular formula is C11H13N3O. The van der Waals surface area contributed by atoms with Gasteiger partial charge in [-0.05, 0) is 19.4 Å². The van der Waals surface area contributed by atoms with Crippen molar-refractivity contribution in [3.63, 3.8) is 0 Å². The van der Waals surface area contributed by atoms with Gasteiger partial charge in [-0.3, -0.25) is 5.10 Å². The number of aromatic amines is 1. The average Bonchev–Trinajstić information content (AvgIpc) is 2.61. The van der Waals surface area contributed by atoms with Crippen LogP contribution in [0.5, 0.6) is 5.75 Å². The molecule has 4 N–H and O–H groups in total. The second-order valence-corrected chi connectivity index (χ2v) is 3.61. The number of nitrogens with two attached hydrogens (primary N) is 1. The summed E-state index contributed by atoms with van der Waals surface area (Å²) in [4.78, 5) is 0. The number of rotatable bonds is 1. The van der Waals surface area contributed by atoms with Crippen molar-refractivity contribution in [3.8, 4) is 17.0 Å². The van der Waals surface area contributed by atoms with Gasteiger partial charge in [-0.15, -0.1) is 0 Å². The molecule has 0 saturated heterocycles. The van der Waals surface area contributed by atoms with Crippen LogP contribution in [-0.4, -0.2) is 15.3 Å². The fraction of sp³-hybridized carbons (Fsp3) is 0.182. The van der Waals surface area contributed by atoms with Gasteiger partial charge in [0.05, 0.1) is 5.69 Å². The first kappa shape index (κ1) is 9.58. The van der Waals surface area contributed by atoms with Gasteiger partial charge in [0.1, 0.15) is 11.6 Å². The molecule has 2 rings (SSSR count). The Morgan fingerprint density at radius 1 is 1.33 bits per heavy atom. The Kier molecular flexibility index (Phi) is 2.11. The Morgan fingerprint density at radius 2 is 2.07 bits per heavy atom. The van der Waals surface area contributed by atoms with Crippen molar-refractivity contribution >= 4 is 5.82 Å². The third-order valence-electron chi connectivity index (χ3n) is 2.52. The topological polar surface area (TPSA) is 74.9 Å². The normalized spacial score (nSPS) is 10.5. The fourth-order valence-electron chi connectivity index (χ4n) is 1.60. The van der Waals surface area contributed by atoms with E-state index in [9.17, 15) is 5.11 Å². The van der Waals surface area contributed by atoms with Gasteiger partial charge in [0.2, 0.25) is 0 Å². The minimum Gasteiger partial charge on any atom is -0.507 e. The lowest BCUT2D eigenvalue weighted by molar-refractivity contribution is 0.467. The third-order valence-corrected chi connectivity index (χ3v) is 2.52. The highest BCUT2D eigenvalue weighted by atomic mass is 16.3. The van der Waals surface area contributed by atoms with Gasteiger partial charge in [-0.25, -0.2) is 0 Å². The number of aryl methyl sites for hydroxylation is 1. The number of hydrogen-bond donors (Lipinski definition) is 3. The van der Waals surface area contributed by atoms with E-state index in [-0.39, 0.29) is 0 Å². The zero-order valence-electron chi connectivity index (χ0n) is 8.70. The first-order chi connectivity index (χ1) is 7.09. The van der Waals surface area contributed by atoms with E-state index in [1.807, 2.05) is 26.0 Å². The molecular weight excluding hydrogens is 190 g/mol. The molecule has 0 fully saturated rings. The monoisotopic (exact) mass is 203 g/mol. The number of aromatic hydroxyl groups is 1. The van der Waals surface area contributed by atoms with Crippen LogP contribution in [0.15, 0.2) is 18.2 Å². The highest BCUT2D eigenvalue weighted by molar-refractivity contribution is 5.69. The van der Waals surface area contributed by atoms with E-state index in [0.29, 0.717) is 11.6 Å². The van der Waals surface area contributed by atoms with Crippen LogP contribution in [0.2, 0.25) is 0 Å². The molecule has 0 radical (unpaired) electrons. The molecule has 4 nitrogen and oxygen atoms in total. The van der Waals surface area contributed by atoms with Crippen LogP contribution in [0.3, 0.4) is 0 Å². The number of benzene rings is 1. The first-order valence-corrected chi connectivity index (χ1v) is 4.70. The predicted molar refractivity (Wildman–Crippen MR) is 59.6 cm³/mol. The standard InChI is InChI=1S/C11H13N3O/c1-6-3-4-8(7(2)11(6)15)9-5-10(12)14-13-9/h3-5,15H,1-2H3,(H3,12,13,14). The predicted octanol–water partition coefficient (Wildman–Crippen LogP) is 1.98. The largest absolute Gasteiger partial charge is 0.507 e. The number of H-pyrrole nitrogens is 1. The van der Waals surface area contributed by atoms with E-state index in [1.54, 1.807) is 6.07 Å². The van der Waals surface area contributed by atoms with Crippen molar-refractivity contribution in [2.24, 2.45) is 0 Å². The lowest BCUT2D eigenvalue weighted by Gasteiger charge is -2.07. The number of nitrogens with one attached hydrogen (secondary N) is 1. The molecule has 0 unspecified atom stereocenters. The Morgan fingerprint density at radius 3 is 2.67 bits per heavy atom. The number of phenolic OH excluding ortho intramolecular Hbond substituents is 1. The average molecular weight is 203 g/mol. The van der Waals surface area contributed by atoms with E-state index in [0.717, 1.165) is 22.4 Å². The molecule has 0 saturated carbocycles. The van der Waals surface area contributed by atoms with Gasteiger partial charge >= 0.3 is 0 Å². The lowest BCUT2D eigenvalue weighted by Crippen LogP contribution is -1.86. The summed E-state index contributed by atoms with van der Waals surface area (Å²) >= 11 is 0. The van der Waals surface area contributed by atoms with E-state index in [1.165, 1.54) is 0 Å². The van der Waals surface area contributed by atoms with Crippen LogP contribution in [-0.2, 0) is 0 Å². The molecule has 15 heavy (non-hydrogen) atoms. The van der Waals surface area contributed by atoms with Gasteiger partial charge in [-0.1, -0.05) is 12.1 Å². The van der Waals surface area contributed by atoms with Crippen LogP contribution in [0.25, 0.3) is 11.3 Å². The molecule has 0 aliphatic carbocycles. The maximum absolute atomic E-state index is 9.79. The summed E-state index contributed by atoms with van der Waals surface area (Å²) in [6.45, 7) is 3.74. The number of nitrogens with zero attached hydrogens (tertiary/aromatic N) is 1. The number of hydrogen-bond acceptors (Lipinski definition) is 3. The zero-order valence-corrected chi connectivity index (χ0v) is 8.70. The van der Waals surface area contributed by atoms with Crippen LogP contribution in [0.4, 0.5) is 5.82 Å². The highest BCUT2D eigenvalue weighted by Crippen LogP contribution is 2.31. The van der Waals surface area contributed by atoms with Crippen molar-refractivity contribution in [3.05, 3.63) is 29.3 Å². The Balaban J connectivity index is 2.59. The summed E-state index contributed by atoms with van der Waals surface area (Å²) in [5.41, 5.74) is 8.96. The fourth-order valence-corrected chi connectivity index (χ4v) is 1.60. The summed E-state index contributed by atoms with van der Waals surface area (Å²) < 4.78 is 0. The van der Waals surface area contributed by atoms with E-state index in [4.69, 9.17) is 5.73 Å². The maximum atomic E-state index is 9.79. The second-order valence-electron chi connectivity index (χ2n) is 3.61. The summed E-state index contributed by atoms with van der Waals surface area (Å²) in [5, 5.41) is 16.5. The minimum atomic E-state index is 0.320. The minimum absolute atomic E-state index is 0.320. The van der Waals surface area contributed by atoms with Crippen LogP contribution in [0.1, 0.15) is 11.1 Å². The van der Waals surface area contributed by atoms with Gasteiger partial charge in [0.15, 0.2) is 0 Å². The van der Waals surface area contributed by atoms with Crippen molar-refractivity contribution in [1.29, 1.82) is 0 Å². The second kappa shape index (κ2) is 3.31. The van der Waals surface area contributed by atoms with Crippen molar-refractivity contribution in [2.75, 3.05) is 5.73 Å².